The van der Waals surface area contributed by atoms with Crippen LogP contribution in [0.2, 0.25) is 0 Å². The fourth-order valence-electron chi connectivity index (χ4n) is 8.90. The predicted molar refractivity (Wildman–Crippen MR) is 226 cm³/mol. The number of nitrogens with zero attached hydrogens (tertiary/aromatic N) is 6. The number of carbonyl (C=O) groups is 4. The van der Waals surface area contributed by atoms with Crippen molar-refractivity contribution in [1.29, 1.82) is 0 Å². The van der Waals surface area contributed by atoms with Crippen molar-refractivity contribution in [3.63, 3.8) is 0 Å². The number of fused-ring (bicyclic) bond motifs is 7. The van der Waals surface area contributed by atoms with E-state index >= 15 is 8.78 Å². The van der Waals surface area contributed by atoms with E-state index in [1.807, 2.05) is 37.9 Å². The van der Waals surface area contributed by atoms with E-state index in [2.05, 4.69) is 42.8 Å². The van der Waals surface area contributed by atoms with Crippen molar-refractivity contribution < 1.29 is 32.7 Å². The zero-order valence-corrected chi connectivity index (χ0v) is 34.9. The minimum Gasteiger partial charge on any atom is -0.477 e. The number of benzene rings is 2. The summed E-state index contributed by atoms with van der Waals surface area (Å²) in [5.41, 5.74) is 4.57. The number of anilines is 2. The molecule has 2 saturated heterocycles. The number of pyridine rings is 1. The Morgan fingerprint density at radius 2 is 1.79 bits per heavy atom. The SMILES string of the molecule is Cc1cc2cc(n1)-c1cnn(C)c1OCCC[C@@H](C)CN1/C(=N/C2=O)Nc2ccc(C(=O)N[C@H](C)C3CCN(CCc4cc(F)c([C@H]5CCC(=O)NC5=O)c(F)c4)CC3)cc21. The van der Waals surface area contributed by atoms with E-state index < -0.39 is 35.3 Å². The van der Waals surface area contributed by atoms with E-state index in [1.165, 1.54) is 12.1 Å². The van der Waals surface area contributed by atoms with Crippen LogP contribution in [0.15, 0.2) is 53.7 Å². The topological polar surface area (TPSA) is 163 Å². The van der Waals surface area contributed by atoms with Gasteiger partial charge >= 0.3 is 0 Å². The highest BCUT2D eigenvalue weighted by atomic mass is 19.1. The van der Waals surface area contributed by atoms with Gasteiger partial charge in [0.05, 0.1) is 41.4 Å². The molecule has 3 atom stereocenters. The zero-order chi connectivity index (χ0) is 42.9. The van der Waals surface area contributed by atoms with Crippen LogP contribution in [-0.4, -0.2) is 88.1 Å². The van der Waals surface area contributed by atoms with Crippen LogP contribution in [0.3, 0.4) is 0 Å². The van der Waals surface area contributed by atoms with Crippen LogP contribution in [0.5, 0.6) is 5.88 Å². The van der Waals surface area contributed by atoms with Crippen molar-refractivity contribution in [2.24, 2.45) is 23.9 Å². The molecule has 8 rings (SSSR count). The molecule has 0 aliphatic carbocycles. The summed E-state index contributed by atoms with van der Waals surface area (Å²) in [6.45, 7) is 9.21. The molecule has 0 radical (unpaired) electrons. The summed E-state index contributed by atoms with van der Waals surface area (Å²) in [5, 5.41) is 13.1. The molecule has 0 unspecified atom stereocenters. The fourth-order valence-corrected chi connectivity index (χ4v) is 8.90. The number of aliphatic imine (C=N–C) groups is 1. The molecule has 2 aromatic carbocycles. The Balaban J connectivity index is 0.899. The minimum atomic E-state index is -1.02. The lowest BCUT2D eigenvalue weighted by Crippen LogP contribution is -2.44. The Morgan fingerprint density at radius 1 is 1.02 bits per heavy atom. The summed E-state index contributed by atoms with van der Waals surface area (Å²) in [6, 6.07) is 11.4. The van der Waals surface area contributed by atoms with Gasteiger partial charge in [-0.1, -0.05) is 6.92 Å². The summed E-state index contributed by atoms with van der Waals surface area (Å²) >= 11 is 0. The number of halogens is 2. The van der Waals surface area contributed by atoms with Gasteiger partial charge in [0, 0.05) is 55.0 Å². The van der Waals surface area contributed by atoms with E-state index in [0.717, 1.165) is 50.1 Å². The summed E-state index contributed by atoms with van der Waals surface area (Å²) in [7, 11) is 1.82. The molecule has 2 aromatic heterocycles. The number of likely N-dealkylation sites (tertiary alicyclic amines) is 1. The Kier molecular flexibility index (Phi) is 12.0. The first-order valence-corrected chi connectivity index (χ1v) is 21.1. The smallest absolute Gasteiger partial charge is 0.280 e. The number of amides is 4. The van der Waals surface area contributed by atoms with Crippen LogP contribution >= 0.6 is 0 Å². The summed E-state index contributed by atoms with van der Waals surface area (Å²) in [4.78, 5) is 64.8. The molecular formula is C45H51F2N9O5. The number of carbonyl (C=O) groups excluding carboxylic acids is 4. The molecule has 2 fully saturated rings. The van der Waals surface area contributed by atoms with Crippen molar-refractivity contribution in [2.45, 2.75) is 77.7 Å². The summed E-state index contributed by atoms with van der Waals surface area (Å²) in [6.07, 6.45) is 5.58. The van der Waals surface area contributed by atoms with Crippen LogP contribution < -0.4 is 25.6 Å². The zero-order valence-electron chi connectivity index (χ0n) is 34.9. The predicted octanol–water partition coefficient (Wildman–Crippen LogP) is 5.90. The van der Waals surface area contributed by atoms with Crippen LogP contribution in [0.25, 0.3) is 11.3 Å². The lowest BCUT2D eigenvalue weighted by molar-refractivity contribution is -0.134. The first-order valence-electron chi connectivity index (χ1n) is 21.1. The number of hydrogen-bond acceptors (Lipinski definition) is 10. The van der Waals surface area contributed by atoms with Gasteiger partial charge in [-0.3, -0.25) is 29.5 Å². The number of ether oxygens (including phenoxy) is 1. The van der Waals surface area contributed by atoms with Crippen molar-refractivity contribution in [3.8, 4) is 17.1 Å². The number of hydrogen-bond donors (Lipinski definition) is 3. The maximum absolute atomic E-state index is 15.1. The summed E-state index contributed by atoms with van der Waals surface area (Å²) < 4.78 is 38.0. The first-order chi connectivity index (χ1) is 29.3. The molecule has 6 heterocycles. The largest absolute Gasteiger partial charge is 0.477 e. The standard InChI is InChI=1S/C45H51F2N9O5/c1-25-6-5-17-61-44-33(23-48-54(44)4)37-21-31(18-26(2)49-37)42(59)53-45-51-36-9-7-30(22-38(36)56(45)24-25)41(58)50-27(3)29-12-15-55(16-13-29)14-11-28-19-34(46)40(35(47)20-28)32-8-10-39(57)52-43(32)60/h7,9,18-23,25,27,29,32H,5-6,8,10-17,24H2,1-4H3,(H,50,58)(H,51,53,59)(H,52,57,60)/t25-,27-,32-/m1/s1. The molecule has 3 N–H and O–H groups in total. The lowest BCUT2D eigenvalue weighted by atomic mass is 9.88. The van der Waals surface area contributed by atoms with Crippen LogP contribution in [0.1, 0.15) is 95.8 Å². The van der Waals surface area contributed by atoms with Gasteiger partial charge in [-0.2, -0.15) is 10.1 Å². The second-order valence-electron chi connectivity index (χ2n) is 16.8. The van der Waals surface area contributed by atoms with Gasteiger partial charge in [0.1, 0.15) is 11.6 Å². The van der Waals surface area contributed by atoms with Gasteiger partial charge in [-0.25, -0.2) is 13.5 Å². The van der Waals surface area contributed by atoms with E-state index in [9.17, 15) is 19.2 Å². The van der Waals surface area contributed by atoms with Crippen molar-refractivity contribution in [1.82, 2.24) is 30.3 Å². The van der Waals surface area contributed by atoms with Crippen molar-refractivity contribution in [3.05, 3.63) is 88.2 Å². The molecule has 61 heavy (non-hydrogen) atoms. The number of rotatable bonds is 7. The molecule has 4 aliphatic rings. The first kappa shape index (κ1) is 41.7. The van der Waals surface area contributed by atoms with E-state index in [0.29, 0.717) is 71.6 Å². The van der Waals surface area contributed by atoms with Crippen molar-refractivity contribution in [2.75, 3.05) is 43.0 Å². The number of imide groups is 1. The Bertz CT molecular complexity index is 2390. The lowest BCUT2D eigenvalue weighted by Gasteiger charge is -2.35. The molecule has 4 aliphatic heterocycles. The van der Waals surface area contributed by atoms with Gasteiger partial charge in [-0.05, 0) is 125 Å². The Hall–Kier alpha value is -6.03. The average Bonchev–Trinajstić information content (AvgIpc) is 3.76. The van der Waals surface area contributed by atoms with Gasteiger partial charge in [-0.15, -0.1) is 0 Å². The number of guanidine groups is 1. The monoisotopic (exact) mass is 835 g/mol. The third-order valence-corrected chi connectivity index (χ3v) is 12.3. The quantitative estimate of drug-likeness (QED) is 0.191. The number of piperidine rings is 2. The third kappa shape index (κ3) is 9.04. The van der Waals surface area contributed by atoms with Gasteiger partial charge in [0.2, 0.25) is 23.7 Å². The number of nitrogens with one attached hydrogen (secondary N) is 3. The molecule has 14 nitrogen and oxygen atoms in total. The second kappa shape index (κ2) is 17.5. The second-order valence-corrected chi connectivity index (χ2v) is 16.8. The minimum absolute atomic E-state index is 0.0431. The fraction of sp³-hybridized carbons (Fsp3) is 0.444. The highest BCUT2D eigenvalue weighted by Gasteiger charge is 2.34. The maximum atomic E-state index is 15.1. The molecule has 0 saturated carbocycles. The number of aromatic nitrogens is 3. The van der Waals surface area contributed by atoms with Gasteiger partial charge in [0.25, 0.3) is 11.8 Å². The summed E-state index contributed by atoms with van der Waals surface area (Å²) in [5.74, 6) is -2.87. The highest BCUT2D eigenvalue weighted by Crippen LogP contribution is 2.36. The Morgan fingerprint density at radius 3 is 2.54 bits per heavy atom. The molecule has 0 spiro atoms. The maximum Gasteiger partial charge on any atom is 0.280 e. The highest BCUT2D eigenvalue weighted by molar-refractivity contribution is 6.19. The number of aryl methyl sites for hydroxylation is 2. The van der Waals surface area contributed by atoms with E-state index in [-0.39, 0.29) is 42.2 Å². The average molecular weight is 836 g/mol. The van der Waals surface area contributed by atoms with Crippen LogP contribution in [0, 0.1) is 30.4 Å². The molecule has 4 amide bonds. The van der Waals surface area contributed by atoms with Crippen LogP contribution in [0.4, 0.5) is 20.2 Å². The van der Waals surface area contributed by atoms with E-state index in [4.69, 9.17) is 4.74 Å². The van der Waals surface area contributed by atoms with E-state index in [1.54, 1.807) is 29.1 Å². The van der Waals surface area contributed by atoms with Crippen molar-refractivity contribution >= 4 is 41.0 Å². The van der Waals surface area contributed by atoms with Gasteiger partial charge < -0.3 is 25.2 Å². The molecule has 16 heteroatoms. The molecule has 2 bridgehead atoms. The normalized spacial score (nSPS) is 21.4. The molecule has 4 aromatic rings. The molecular weight excluding hydrogens is 785 g/mol. The Labute approximate surface area is 353 Å². The van der Waals surface area contributed by atoms with Crippen LogP contribution in [-0.2, 0) is 23.1 Å². The third-order valence-electron chi connectivity index (χ3n) is 12.3. The molecule has 320 valence electrons. The van der Waals surface area contributed by atoms with Gasteiger partial charge in [0.15, 0.2) is 0 Å².